The van der Waals surface area contributed by atoms with Gasteiger partial charge in [0.25, 0.3) is 0 Å². The molecule has 106 valence electrons. The van der Waals surface area contributed by atoms with E-state index in [1.54, 1.807) is 0 Å². The summed E-state index contributed by atoms with van der Waals surface area (Å²) in [6.45, 7) is 2.43. The van der Waals surface area contributed by atoms with Gasteiger partial charge in [0, 0.05) is 6.54 Å². The molecule has 0 amide bonds. The summed E-state index contributed by atoms with van der Waals surface area (Å²) in [5.74, 6) is -2.08. The van der Waals surface area contributed by atoms with Crippen molar-refractivity contribution in [2.24, 2.45) is 0 Å². The van der Waals surface area contributed by atoms with Crippen LogP contribution in [-0.4, -0.2) is 26.0 Å². The van der Waals surface area contributed by atoms with E-state index in [2.05, 4.69) is 5.32 Å². The highest BCUT2D eigenvalue weighted by molar-refractivity contribution is 7.73. The third-order valence-electron chi connectivity index (χ3n) is 2.38. The number of hydrogen-bond acceptors (Lipinski definition) is 4. The van der Waals surface area contributed by atoms with Crippen molar-refractivity contribution in [3.05, 3.63) is 23.5 Å². The van der Waals surface area contributed by atoms with E-state index in [0.717, 1.165) is 25.0 Å². The van der Waals surface area contributed by atoms with E-state index in [9.17, 15) is 17.6 Å². The lowest BCUT2D eigenvalue weighted by molar-refractivity contribution is 0.0697. The van der Waals surface area contributed by atoms with E-state index >= 15 is 0 Å². The summed E-state index contributed by atoms with van der Waals surface area (Å²) in [5.41, 5.74) is -0.609. The number of anilines is 2. The highest BCUT2D eigenvalue weighted by Gasteiger charge is 2.14. The minimum Gasteiger partial charge on any atom is -0.478 e. The standard InChI is InChI=1S/C11H15FN2O4S/c1-2-3-4-13-8-5-7(11(15)16)6-9(10(8)12)14-19(17)18/h5-6,13,19H,2-4H2,1H3,(H,15,16)(H,14,17,18). The van der Waals surface area contributed by atoms with Crippen LogP contribution in [0.5, 0.6) is 0 Å². The summed E-state index contributed by atoms with van der Waals surface area (Å²) in [7, 11) is -3.06. The van der Waals surface area contributed by atoms with Crippen molar-refractivity contribution in [1.29, 1.82) is 0 Å². The molecular formula is C11H15FN2O4S. The number of halogens is 1. The number of thiol groups is 1. The van der Waals surface area contributed by atoms with Crippen LogP contribution in [0.15, 0.2) is 12.1 Å². The molecule has 0 fully saturated rings. The van der Waals surface area contributed by atoms with Crippen LogP contribution in [0, 0.1) is 5.82 Å². The first kappa shape index (κ1) is 15.2. The number of carboxylic acid groups (broad SMARTS) is 1. The van der Waals surface area contributed by atoms with E-state index in [-0.39, 0.29) is 16.9 Å². The first-order chi connectivity index (χ1) is 8.95. The molecule has 8 heteroatoms. The maximum atomic E-state index is 13.9. The zero-order valence-corrected chi connectivity index (χ0v) is 11.2. The third kappa shape index (κ3) is 4.40. The van der Waals surface area contributed by atoms with Gasteiger partial charge in [0.05, 0.1) is 16.9 Å². The first-order valence-corrected chi connectivity index (χ1v) is 6.85. The Morgan fingerprint density at radius 3 is 2.53 bits per heavy atom. The molecule has 0 aliphatic carbocycles. The third-order valence-corrected chi connectivity index (χ3v) is 2.80. The van der Waals surface area contributed by atoms with Gasteiger partial charge in [-0.1, -0.05) is 13.3 Å². The van der Waals surface area contributed by atoms with Crippen molar-refractivity contribution < 1.29 is 22.7 Å². The molecule has 6 nitrogen and oxygen atoms in total. The average Bonchev–Trinajstić information content (AvgIpc) is 2.33. The second-order valence-corrected chi connectivity index (χ2v) is 4.58. The predicted octanol–water partition coefficient (Wildman–Crippen LogP) is 1.67. The lowest BCUT2D eigenvalue weighted by Crippen LogP contribution is -2.09. The van der Waals surface area contributed by atoms with Gasteiger partial charge in [-0.15, -0.1) is 0 Å². The molecule has 0 saturated carbocycles. The Hall–Kier alpha value is -1.83. The molecule has 1 aromatic carbocycles. The Bertz CT molecular complexity index is 538. The summed E-state index contributed by atoms with van der Waals surface area (Å²) in [6.07, 6.45) is 1.68. The average molecular weight is 290 g/mol. The summed E-state index contributed by atoms with van der Waals surface area (Å²) < 4.78 is 36.9. The molecule has 0 unspecified atom stereocenters. The monoisotopic (exact) mass is 290 g/mol. The van der Waals surface area contributed by atoms with E-state index in [1.165, 1.54) is 0 Å². The Balaban J connectivity index is 3.12. The van der Waals surface area contributed by atoms with E-state index in [0.29, 0.717) is 6.54 Å². The van der Waals surface area contributed by atoms with Crippen LogP contribution < -0.4 is 10.0 Å². The predicted molar refractivity (Wildman–Crippen MR) is 70.7 cm³/mol. The smallest absolute Gasteiger partial charge is 0.335 e. The van der Waals surface area contributed by atoms with Crippen LogP contribution in [0.25, 0.3) is 0 Å². The molecule has 1 rings (SSSR count). The second kappa shape index (κ2) is 6.93. The van der Waals surface area contributed by atoms with Crippen LogP contribution in [0.4, 0.5) is 15.8 Å². The van der Waals surface area contributed by atoms with Crippen LogP contribution in [0.3, 0.4) is 0 Å². The van der Waals surface area contributed by atoms with Crippen LogP contribution >= 0.6 is 0 Å². The molecule has 3 N–H and O–H groups in total. The maximum Gasteiger partial charge on any atom is 0.335 e. The van der Waals surface area contributed by atoms with E-state index < -0.39 is 22.7 Å². The molecule has 0 bridgehead atoms. The zero-order valence-electron chi connectivity index (χ0n) is 10.3. The van der Waals surface area contributed by atoms with Crippen molar-refractivity contribution in [2.75, 3.05) is 16.6 Å². The number of benzene rings is 1. The van der Waals surface area contributed by atoms with Crippen molar-refractivity contribution >= 4 is 28.2 Å². The normalized spacial score (nSPS) is 10.5. The molecule has 0 saturated heterocycles. The largest absolute Gasteiger partial charge is 0.478 e. The Morgan fingerprint density at radius 1 is 1.37 bits per heavy atom. The molecule has 19 heavy (non-hydrogen) atoms. The summed E-state index contributed by atoms with van der Waals surface area (Å²) in [5, 5.41) is 11.6. The van der Waals surface area contributed by atoms with Gasteiger partial charge >= 0.3 is 5.97 Å². The Morgan fingerprint density at radius 2 is 2.00 bits per heavy atom. The van der Waals surface area contributed by atoms with E-state index in [4.69, 9.17) is 5.11 Å². The van der Waals surface area contributed by atoms with Crippen molar-refractivity contribution in [1.82, 2.24) is 0 Å². The first-order valence-electron chi connectivity index (χ1n) is 5.67. The van der Waals surface area contributed by atoms with Crippen LogP contribution in [-0.2, 0) is 10.9 Å². The molecule has 0 atom stereocenters. The van der Waals surface area contributed by atoms with Crippen LogP contribution in [0.2, 0.25) is 0 Å². The number of carbonyl (C=O) groups is 1. The minimum absolute atomic E-state index is 0.0345. The van der Waals surface area contributed by atoms with Crippen molar-refractivity contribution in [3.63, 3.8) is 0 Å². The Labute approximate surface area is 111 Å². The van der Waals surface area contributed by atoms with Crippen LogP contribution in [0.1, 0.15) is 30.1 Å². The molecule has 0 aromatic heterocycles. The van der Waals surface area contributed by atoms with Gasteiger partial charge in [-0.3, -0.25) is 4.72 Å². The van der Waals surface area contributed by atoms with Gasteiger partial charge in [0.2, 0.25) is 10.9 Å². The van der Waals surface area contributed by atoms with Gasteiger partial charge in [0.1, 0.15) is 0 Å². The van der Waals surface area contributed by atoms with Crippen molar-refractivity contribution in [3.8, 4) is 0 Å². The van der Waals surface area contributed by atoms with Gasteiger partial charge in [-0.05, 0) is 18.6 Å². The number of carboxylic acids is 1. The highest BCUT2D eigenvalue weighted by Crippen LogP contribution is 2.25. The fraction of sp³-hybridized carbons (Fsp3) is 0.364. The quantitative estimate of drug-likeness (QED) is 0.452. The maximum absolute atomic E-state index is 13.9. The molecule has 0 aliphatic heterocycles. The molecule has 0 aliphatic rings. The number of unbranched alkanes of at least 4 members (excludes halogenated alkanes) is 1. The SMILES string of the molecule is CCCCNc1cc(C(=O)O)cc(N[SH](=O)=O)c1F. The molecule has 1 aromatic rings. The van der Waals surface area contributed by atoms with Gasteiger partial charge in [-0.25, -0.2) is 17.6 Å². The van der Waals surface area contributed by atoms with Gasteiger partial charge < -0.3 is 10.4 Å². The molecule has 0 radical (unpaired) electrons. The topological polar surface area (TPSA) is 95.5 Å². The molecule has 0 heterocycles. The highest BCUT2D eigenvalue weighted by atomic mass is 32.2. The number of hydrogen-bond donors (Lipinski definition) is 4. The summed E-state index contributed by atoms with van der Waals surface area (Å²) in [6, 6.07) is 2.07. The fourth-order valence-corrected chi connectivity index (χ4v) is 1.82. The number of rotatable bonds is 7. The van der Waals surface area contributed by atoms with Gasteiger partial charge in [0.15, 0.2) is 5.82 Å². The zero-order chi connectivity index (χ0) is 14.4. The minimum atomic E-state index is -3.06. The van der Waals surface area contributed by atoms with Crippen molar-refractivity contribution in [2.45, 2.75) is 19.8 Å². The summed E-state index contributed by atoms with van der Waals surface area (Å²) >= 11 is 0. The second-order valence-electron chi connectivity index (χ2n) is 3.84. The summed E-state index contributed by atoms with van der Waals surface area (Å²) in [4.78, 5) is 10.9. The van der Waals surface area contributed by atoms with E-state index in [1.807, 2.05) is 11.6 Å². The Kier molecular flexibility index (Phi) is 5.56. The fourth-order valence-electron chi connectivity index (χ4n) is 1.46. The lowest BCUT2D eigenvalue weighted by atomic mass is 10.1. The number of nitrogens with one attached hydrogen (secondary N) is 2. The van der Waals surface area contributed by atoms with Gasteiger partial charge in [-0.2, -0.15) is 0 Å². The molecular weight excluding hydrogens is 275 g/mol. The lowest BCUT2D eigenvalue weighted by Gasteiger charge is -2.11. The number of aromatic carboxylic acids is 1. The molecule has 0 spiro atoms.